The van der Waals surface area contributed by atoms with E-state index >= 15 is 0 Å². The third-order valence-corrected chi connectivity index (χ3v) is 3.25. The number of rotatable bonds is 1. The molecule has 106 valence electrons. The monoisotopic (exact) mass is 278 g/mol. The maximum atomic E-state index is 12.3. The summed E-state index contributed by atoms with van der Waals surface area (Å²) in [5.74, 6) is -1.42. The molecule has 0 atom stereocenters. The summed E-state index contributed by atoms with van der Waals surface area (Å²) >= 11 is 0. The minimum absolute atomic E-state index is 0.0678. The number of amides is 1. The van der Waals surface area contributed by atoms with E-state index in [0.29, 0.717) is 5.82 Å². The standard InChI is InChI=1S/C9H13F3N6O/c1-17-6(14-15-16-17)8(13)2-4-18(5-3-8)7(19)9(10,11)12/h2-5,13H2,1H3. The Morgan fingerprint density at radius 3 is 2.37 bits per heavy atom. The Bertz CT molecular complexity index is 477. The Kier molecular flexibility index (Phi) is 3.20. The van der Waals surface area contributed by atoms with Crippen molar-refractivity contribution >= 4 is 5.91 Å². The largest absolute Gasteiger partial charge is 0.471 e. The lowest BCUT2D eigenvalue weighted by Crippen LogP contribution is -2.53. The summed E-state index contributed by atoms with van der Waals surface area (Å²) in [4.78, 5) is 11.9. The molecule has 0 aromatic carbocycles. The number of halogens is 3. The number of hydrogen-bond acceptors (Lipinski definition) is 5. The molecule has 0 bridgehead atoms. The van der Waals surface area contributed by atoms with Crippen LogP contribution < -0.4 is 5.73 Å². The van der Waals surface area contributed by atoms with Crippen LogP contribution in [0.3, 0.4) is 0 Å². The summed E-state index contributed by atoms with van der Waals surface area (Å²) in [6.07, 6.45) is -4.48. The van der Waals surface area contributed by atoms with Crippen molar-refractivity contribution in [2.75, 3.05) is 13.1 Å². The molecule has 7 nitrogen and oxygen atoms in total. The lowest BCUT2D eigenvalue weighted by atomic mass is 9.87. The Balaban J connectivity index is 2.07. The van der Waals surface area contributed by atoms with Crippen LogP contribution in [-0.2, 0) is 17.4 Å². The first-order chi connectivity index (χ1) is 8.74. The summed E-state index contributed by atoms with van der Waals surface area (Å²) in [6, 6.07) is 0. The number of aryl methyl sites for hydroxylation is 1. The van der Waals surface area contributed by atoms with Crippen LogP contribution in [0.2, 0.25) is 0 Å². The molecule has 0 radical (unpaired) electrons. The van der Waals surface area contributed by atoms with Gasteiger partial charge in [-0.15, -0.1) is 5.10 Å². The van der Waals surface area contributed by atoms with Crippen molar-refractivity contribution in [2.45, 2.75) is 24.6 Å². The van der Waals surface area contributed by atoms with Crippen molar-refractivity contribution < 1.29 is 18.0 Å². The number of piperidine rings is 1. The first kappa shape index (κ1) is 13.7. The van der Waals surface area contributed by atoms with Gasteiger partial charge in [0.05, 0.1) is 5.54 Å². The zero-order valence-corrected chi connectivity index (χ0v) is 10.2. The molecule has 2 N–H and O–H groups in total. The van der Waals surface area contributed by atoms with Crippen LogP contribution >= 0.6 is 0 Å². The molecular formula is C9H13F3N6O. The van der Waals surface area contributed by atoms with E-state index in [4.69, 9.17) is 5.73 Å². The molecule has 1 aromatic heterocycles. The average molecular weight is 278 g/mol. The van der Waals surface area contributed by atoms with E-state index in [2.05, 4.69) is 15.5 Å². The maximum Gasteiger partial charge on any atom is 0.471 e. The number of carbonyl (C=O) groups is 1. The van der Waals surface area contributed by atoms with Crippen molar-refractivity contribution in [2.24, 2.45) is 12.8 Å². The second-order valence-corrected chi connectivity index (χ2v) is 4.57. The number of nitrogens with two attached hydrogens (primary N) is 1. The average Bonchev–Trinajstić information content (AvgIpc) is 2.75. The zero-order chi connectivity index (χ0) is 14.3. The smallest absolute Gasteiger partial charge is 0.335 e. The van der Waals surface area contributed by atoms with Crippen molar-refractivity contribution in [1.82, 2.24) is 25.1 Å². The van der Waals surface area contributed by atoms with Crippen LogP contribution in [0, 0.1) is 0 Å². The molecule has 10 heteroatoms. The fourth-order valence-corrected chi connectivity index (χ4v) is 2.16. The molecule has 2 heterocycles. The fourth-order valence-electron chi connectivity index (χ4n) is 2.16. The minimum atomic E-state index is -4.85. The highest BCUT2D eigenvalue weighted by Gasteiger charge is 2.46. The molecule has 0 spiro atoms. The van der Waals surface area contributed by atoms with E-state index in [9.17, 15) is 18.0 Å². The third kappa shape index (κ3) is 2.53. The van der Waals surface area contributed by atoms with Crippen LogP contribution in [-0.4, -0.2) is 50.3 Å². The van der Waals surface area contributed by atoms with Crippen LogP contribution in [0.1, 0.15) is 18.7 Å². The van der Waals surface area contributed by atoms with E-state index in [1.54, 1.807) is 7.05 Å². The lowest BCUT2D eigenvalue weighted by Gasteiger charge is -2.38. The van der Waals surface area contributed by atoms with E-state index in [1.165, 1.54) is 4.68 Å². The Morgan fingerprint density at radius 2 is 1.95 bits per heavy atom. The summed E-state index contributed by atoms with van der Waals surface area (Å²) in [7, 11) is 1.61. The van der Waals surface area contributed by atoms with E-state index in [0.717, 1.165) is 4.90 Å². The minimum Gasteiger partial charge on any atom is -0.335 e. The molecule has 2 rings (SSSR count). The van der Waals surface area contributed by atoms with Gasteiger partial charge in [-0.05, 0) is 23.3 Å². The summed E-state index contributed by atoms with van der Waals surface area (Å²) in [5, 5.41) is 10.9. The third-order valence-electron chi connectivity index (χ3n) is 3.25. The first-order valence-corrected chi connectivity index (χ1v) is 5.62. The molecule has 1 aromatic rings. The predicted molar refractivity (Wildman–Crippen MR) is 56.5 cm³/mol. The van der Waals surface area contributed by atoms with Gasteiger partial charge in [0.15, 0.2) is 5.82 Å². The van der Waals surface area contributed by atoms with Crippen molar-refractivity contribution in [3.63, 3.8) is 0 Å². The Labute approximate surface area is 106 Å². The number of carbonyl (C=O) groups excluding carboxylic acids is 1. The highest BCUT2D eigenvalue weighted by atomic mass is 19.4. The molecule has 1 amide bonds. The van der Waals surface area contributed by atoms with Crippen LogP contribution in [0.15, 0.2) is 0 Å². The van der Waals surface area contributed by atoms with Gasteiger partial charge in [0.2, 0.25) is 0 Å². The van der Waals surface area contributed by atoms with E-state index in [-0.39, 0.29) is 25.9 Å². The van der Waals surface area contributed by atoms with Gasteiger partial charge in [0.25, 0.3) is 0 Å². The highest BCUT2D eigenvalue weighted by Crippen LogP contribution is 2.30. The van der Waals surface area contributed by atoms with Crippen LogP contribution in [0.25, 0.3) is 0 Å². The topological polar surface area (TPSA) is 89.9 Å². The van der Waals surface area contributed by atoms with Crippen molar-refractivity contribution in [3.05, 3.63) is 5.82 Å². The summed E-state index contributed by atoms with van der Waals surface area (Å²) in [6.45, 7) is -0.136. The maximum absolute atomic E-state index is 12.3. The second-order valence-electron chi connectivity index (χ2n) is 4.57. The molecule has 0 saturated carbocycles. The number of hydrogen-bond donors (Lipinski definition) is 1. The number of alkyl halides is 3. The van der Waals surface area contributed by atoms with Crippen molar-refractivity contribution in [3.8, 4) is 0 Å². The quantitative estimate of drug-likeness (QED) is 0.751. The van der Waals surface area contributed by atoms with Gasteiger partial charge in [0.1, 0.15) is 0 Å². The van der Waals surface area contributed by atoms with E-state index < -0.39 is 17.6 Å². The normalized spacial score (nSPS) is 19.5. The summed E-state index contributed by atoms with van der Waals surface area (Å²) in [5.41, 5.74) is 5.21. The molecule has 1 fully saturated rings. The molecule has 19 heavy (non-hydrogen) atoms. The SMILES string of the molecule is Cn1nnnc1C1(N)CCN(C(=O)C(F)(F)F)CC1. The molecule has 0 aliphatic carbocycles. The number of aromatic nitrogens is 4. The molecule has 1 aliphatic heterocycles. The van der Waals surface area contributed by atoms with Gasteiger partial charge in [-0.1, -0.05) is 0 Å². The fraction of sp³-hybridized carbons (Fsp3) is 0.778. The Morgan fingerprint density at radius 1 is 1.37 bits per heavy atom. The van der Waals surface area contributed by atoms with Crippen LogP contribution in [0.4, 0.5) is 13.2 Å². The number of likely N-dealkylation sites (tertiary alicyclic amines) is 1. The molecular weight excluding hydrogens is 265 g/mol. The second kappa shape index (κ2) is 4.44. The van der Waals surface area contributed by atoms with E-state index in [1.807, 2.05) is 0 Å². The van der Waals surface area contributed by atoms with Gasteiger partial charge in [-0.25, -0.2) is 4.68 Å². The van der Waals surface area contributed by atoms with Crippen LogP contribution in [0.5, 0.6) is 0 Å². The molecule has 1 aliphatic rings. The number of tetrazole rings is 1. The molecule has 0 unspecified atom stereocenters. The van der Waals surface area contributed by atoms with Gasteiger partial charge in [0, 0.05) is 20.1 Å². The number of nitrogens with zero attached hydrogens (tertiary/aromatic N) is 5. The lowest BCUT2D eigenvalue weighted by molar-refractivity contribution is -0.187. The predicted octanol–water partition coefficient (Wildman–Crippen LogP) is -0.451. The zero-order valence-electron chi connectivity index (χ0n) is 10.2. The highest BCUT2D eigenvalue weighted by molar-refractivity contribution is 5.81. The van der Waals surface area contributed by atoms with Gasteiger partial charge in [-0.3, -0.25) is 4.79 Å². The summed E-state index contributed by atoms with van der Waals surface area (Å²) < 4.78 is 38.3. The van der Waals surface area contributed by atoms with Crippen molar-refractivity contribution in [1.29, 1.82) is 0 Å². The first-order valence-electron chi connectivity index (χ1n) is 5.62. The molecule has 1 saturated heterocycles. The Hall–Kier alpha value is -1.71. The van der Waals surface area contributed by atoms with Gasteiger partial charge in [-0.2, -0.15) is 13.2 Å². The van der Waals surface area contributed by atoms with Gasteiger partial charge >= 0.3 is 12.1 Å². The van der Waals surface area contributed by atoms with Gasteiger partial charge < -0.3 is 10.6 Å².